The Labute approximate surface area is 102 Å². The van der Waals surface area contributed by atoms with Crippen LogP contribution in [0.25, 0.3) is 0 Å². The van der Waals surface area contributed by atoms with Crippen molar-refractivity contribution in [1.29, 1.82) is 0 Å². The van der Waals surface area contributed by atoms with Crippen LogP contribution in [0.1, 0.15) is 17.0 Å². The first-order valence-electron chi connectivity index (χ1n) is 5.87. The van der Waals surface area contributed by atoms with Gasteiger partial charge in [0.05, 0.1) is 5.69 Å². The summed E-state index contributed by atoms with van der Waals surface area (Å²) in [5.41, 5.74) is 3.42. The van der Waals surface area contributed by atoms with Gasteiger partial charge in [0.15, 0.2) is 0 Å². The highest BCUT2D eigenvalue weighted by molar-refractivity contribution is 5.10. The number of nitrogens with zero attached hydrogens (tertiary/aromatic N) is 2. The highest BCUT2D eigenvalue weighted by Crippen LogP contribution is 1.98. The van der Waals surface area contributed by atoms with E-state index in [-0.39, 0.29) is 0 Å². The molecule has 1 N–H and O–H groups in total. The van der Waals surface area contributed by atoms with Crippen LogP contribution in [0, 0.1) is 6.92 Å². The molecule has 0 unspecified atom stereocenters. The van der Waals surface area contributed by atoms with Gasteiger partial charge < -0.3 is 5.32 Å². The molecule has 3 nitrogen and oxygen atoms in total. The summed E-state index contributed by atoms with van der Waals surface area (Å²) in [7, 11) is 0. The van der Waals surface area contributed by atoms with Crippen molar-refractivity contribution in [3.63, 3.8) is 0 Å². The summed E-state index contributed by atoms with van der Waals surface area (Å²) in [5, 5.41) is 3.39. The van der Waals surface area contributed by atoms with Crippen molar-refractivity contribution in [2.45, 2.75) is 19.9 Å². The Bertz CT molecular complexity index is 454. The topological polar surface area (TPSA) is 37.8 Å². The molecular weight excluding hydrogens is 210 g/mol. The van der Waals surface area contributed by atoms with Crippen LogP contribution in [0.3, 0.4) is 0 Å². The van der Waals surface area contributed by atoms with Crippen LogP contribution < -0.4 is 5.32 Å². The van der Waals surface area contributed by atoms with Crippen molar-refractivity contribution < 1.29 is 0 Å². The molecule has 2 rings (SSSR count). The van der Waals surface area contributed by atoms with E-state index in [1.165, 1.54) is 5.56 Å². The first kappa shape index (κ1) is 11.7. The number of aromatic nitrogens is 2. The van der Waals surface area contributed by atoms with Gasteiger partial charge in [-0.15, -0.1) is 0 Å². The predicted molar refractivity (Wildman–Crippen MR) is 68.6 cm³/mol. The molecule has 0 saturated heterocycles. The zero-order valence-corrected chi connectivity index (χ0v) is 10.1. The lowest BCUT2D eigenvalue weighted by Crippen LogP contribution is -2.17. The normalized spacial score (nSPS) is 10.4. The Morgan fingerprint density at radius 1 is 1.18 bits per heavy atom. The van der Waals surface area contributed by atoms with Gasteiger partial charge in [-0.2, -0.15) is 0 Å². The molecule has 0 saturated carbocycles. The minimum Gasteiger partial charge on any atom is -0.311 e. The molecule has 0 aliphatic carbocycles. The van der Waals surface area contributed by atoms with Crippen LogP contribution in [0.15, 0.2) is 42.7 Å². The van der Waals surface area contributed by atoms with Crippen molar-refractivity contribution in [3.05, 3.63) is 59.7 Å². The molecular formula is C14H17N3. The lowest BCUT2D eigenvalue weighted by atomic mass is 10.2. The van der Waals surface area contributed by atoms with E-state index >= 15 is 0 Å². The number of pyridine rings is 2. The Hall–Kier alpha value is -1.74. The third-order valence-electron chi connectivity index (χ3n) is 2.57. The van der Waals surface area contributed by atoms with Gasteiger partial charge in [-0.3, -0.25) is 9.97 Å². The van der Waals surface area contributed by atoms with Crippen LogP contribution in [-0.4, -0.2) is 16.5 Å². The van der Waals surface area contributed by atoms with Crippen molar-refractivity contribution >= 4 is 0 Å². The Morgan fingerprint density at radius 2 is 2.12 bits per heavy atom. The average molecular weight is 227 g/mol. The van der Waals surface area contributed by atoms with E-state index in [1.54, 1.807) is 6.20 Å². The van der Waals surface area contributed by atoms with Crippen LogP contribution in [0.2, 0.25) is 0 Å². The molecule has 0 fully saturated rings. The zero-order chi connectivity index (χ0) is 11.9. The van der Waals surface area contributed by atoms with Gasteiger partial charge in [0.25, 0.3) is 0 Å². The molecule has 0 aliphatic rings. The second-order valence-electron chi connectivity index (χ2n) is 4.06. The van der Waals surface area contributed by atoms with Crippen molar-refractivity contribution in [1.82, 2.24) is 15.3 Å². The van der Waals surface area contributed by atoms with Gasteiger partial charge in [-0.25, -0.2) is 0 Å². The summed E-state index contributed by atoms with van der Waals surface area (Å²) in [6.07, 6.45) is 4.71. The fourth-order valence-electron chi connectivity index (χ4n) is 1.69. The molecule has 0 amide bonds. The molecule has 0 aromatic carbocycles. The lowest BCUT2D eigenvalue weighted by molar-refractivity contribution is 0.672. The number of nitrogens with one attached hydrogen (secondary N) is 1. The largest absolute Gasteiger partial charge is 0.311 e. The van der Waals surface area contributed by atoms with Gasteiger partial charge in [-0.05, 0) is 43.7 Å². The summed E-state index contributed by atoms with van der Waals surface area (Å²) in [6.45, 7) is 3.78. The van der Waals surface area contributed by atoms with Gasteiger partial charge in [0.2, 0.25) is 0 Å². The smallest absolute Gasteiger partial charge is 0.0544 e. The maximum atomic E-state index is 4.44. The van der Waals surface area contributed by atoms with E-state index < -0.39 is 0 Å². The van der Waals surface area contributed by atoms with Crippen LogP contribution in [0.4, 0.5) is 0 Å². The van der Waals surface area contributed by atoms with Crippen molar-refractivity contribution in [3.8, 4) is 0 Å². The average Bonchev–Trinajstić information content (AvgIpc) is 2.36. The van der Waals surface area contributed by atoms with Gasteiger partial charge in [0.1, 0.15) is 0 Å². The minimum atomic E-state index is 0.821. The lowest BCUT2D eigenvalue weighted by Gasteiger charge is -2.04. The van der Waals surface area contributed by atoms with E-state index in [0.717, 1.165) is 30.9 Å². The molecule has 0 atom stereocenters. The molecule has 17 heavy (non-hydrogen) atoms. The second-order valence-corrected chi connectivity index (χ2v) is 4.06. The summed E-state index contributed by atoms with van der Waals surface area (Å²) in [4.78, 5) is 8.54. The highest BCUT2D eigenvalue weighted by atomic mass is 14.9. The number of hydrogen-bond acceptors (Lipinski definition) is 3. The van der Waals surface area contributed by atoms with Crippen molar-refractivity contribution in [2.24, 2.45) is 0 Å². The molecule has 2 aromatic heterocycles. The van der Waals surface area contributed by atoms with Crippen LogP contribution >= 0.6 is 0 Å². The number of rotatable bonds is 5. The number of aryl methyl sites for hydroxylation is 1. The zero-order valence-electron chi connectivity index (χ0n) is 10.1. The fourth-order valence-corrected chi connectivity index (χ4v) is 1.69. The summed E-state index contributed by atoms with van der Waals surface area (Å²) < 4.78 is 0. The highest BCUT2D eigenvalue weighted by Gasteiger charge is 1.95. The molecule has 0 spiro atoms. The molecule has 2 aromatic rings. The quantitative estimate of drug-likeness (QED) is 0.795. The summed E-state index contributed by atoms with van der Waals surface area (Å²) >= 11 is 0. The van der Waals surface area contributed by atoms with Gasteiger partial charge in [0, 0.05) is 24.6 Å². The van der Waals surface area contributed by atoms with E-state index in [0.29, 0.717) is 0 Å². The molecule has 88 valence electrons. The molecule has 0 bridgehead atoms. The third kappa shape index (κ3) is 3.96. The van der Waals surface area contributed by atoms with Crippen LogP contribution in [0.5, 0.6) is 0 Å². The maximum Gasteiger partial charge on any atom is 0.0544 e. The Balaban J connectivity index is 1.73. The first-order valence-corrected chi connectivity index (χ1v) is 5.87. The van der Waals surface area contributed by atoms with E-state index in [1.807, 2.05) is 37.4 Å². The monoisotopic (exact) mass is 227 g/mol. The predicted octanol–water partition coefficient (Wildman–Crippen LogP) is 2.12. The van der Waals surface area contributed by atoms with Crippen molar-refractivity contribution in [2.75, 3.05) is 6.54 Å². The standard InChI is InChI=1S/C14H17N3/c1-12-4-2-6-14(17-12)11-16-9-7-13-5-3-8-15-10-13/h2-6,8,10,16H,7,9,11H2,1H3. The molecule has 0 aliphatic heterocycles. The van der Waals surface area contributed by atoms with Gasteiger partial charge in [-0.1, -0.05) is 12.1 Å². The molecule has 2 heterocycles. The molecule has 0 radical (unpaired) electrons. The Morgan fingerprint density at radius 3 is 2.88 bits per heavy atom. The minimum absolute atomic E-state index is 0.821. The summed E-state index contributed by atoms with van der Waals surface area (Å²) in [6, 6.07) is 10.2. The maximum absolute atomic E-state index is 4.44. The summed E-state index contributed by atoms with van der Waals surface area (Å²) in [5.74, 6) is 0. The van der Waals surface area contributed by atoms with E-state index in [4.69, 9.17) is 0 Å². The van der Waals surface area contributed by atoms with Gasteiger partial charge >= 0.3 is 0 Å². The number of hydrogen-bond donors (Lipinski definition) is 1. The van der Waals surface area contributed by atoms with E-state index in [2.05, 4.69) is 21.4 Å². The molecule has 3 heteroatoms. The Kier molecular flexibility index (Phi) is 4.22. The van der Waals surface area contributed by atoms with Crippen LogP contribution in [-0.2, 0) is 13.0 Å². The second kappa shape index (κ2) is 6.11. The first-order chi connectivity index (χ1) is 8.34. The van der Waals surface area contributed by atoms with E-state index in [9.17, 15) is 0 Å². The fraction of sp³-hybridized carbons (Fsp3) is 0.286. The SMILES string of the molecule is Cc1cccc(CNCCc2cccnc2)n1. The third-order valence-corrected chi connectivity index (χ3v) is 2.57.